The molecular weight excluding hydrogens is 488 g/mol. The van der Waals surface area contributed by atoms with Crippen LogP contribution in [0.5, 0.6) is 5.75 Å². The number of esters is 1. The molecule has 2 N–H and O–H groups in total. The Morgan fingerprint density at radius 1 is 0.737 bits per heavy atom. The van der Waals surface area contributed by atoms with Gasteiger partial charge in [-0.3, -0.25) is 0 Å². The summed E-state index contributed by atoms with van der Waals surface area (Å²) in [5.41, 5.74) is 2.83. The molecule has 0 saturated carbocycles. The van der Waals surface area contributed by atoms with E-state index in [0.717, 1.165) is 12.8 Å². The summed E-state index contributed by atoms with van der Waals surface area (Å²) in [6.45, 7) is 0.342. The number of isocyanates is 2. The number of unbranched alkanes of at least 4 members (excludes halogenated alkanes) is 1. The lowest BCUT2D eigenvalue weighted by atomic mass is 10.0. The summed E-state index contributed by atoms with van der Waals surface area (Å²) in [6.07, 6.45) is 4.78. The van der Waals surface area contributed by atoms with E-state index < -0.39 is 18.2 Å². The zero-order valence-electron chi connectivity index (χ0n) is 20.8. The zero-order chi connectivity index (χ0) is 27.8. The molecule has 9 nitrogen and oxygen atoms in total. The van der Waals surface area contributed by atoms with E-state index in [4.69, 9.17) is 19.7 Å². The number of para-hydroxylation sites is 1. The molecule has 0 aliphatic heterocycles. The van der Waals surface area contributed by atoms with Gasteiger partial charge in [0.2, 0.25) is 12.2 Å². The van der Waals surface area contributed by atoms with Gasteiger partial charge in [-0.2, -0.15) is 4.99 Å². The maximum absolute atomic E-state index is 11.8. The summed E-state index contributed by atoms with van der Waals surface area (Å²) >= 11 is 0. The number of hydrogen-bond donors (Lipinski definition) is 2. The van der Waals surface area contributed by atoms with Gasteiger partial charge in [-0.1, -0.05) is 78.9 Å². The van der Waals surface area contributed by atoms with Gasteiger partial charge in [0.25, 0.3) is 0 Å². The Labute approximate surface area is 221 Å². The standard InChI is InChI=1S/C14H14N2O4.C14H14.CH2O3/c17-10-15-9-5-4-8-13(16-11-18)14(19)20-12-6-2-1-3-7-12;1-3-7-13(8-4-1)11-12-14-9-5-2-6-10-14;2-1(3)4/h1-3,6-7,13H,4-5,8-9H2;1-10H,11-12H2;(H2,2,3,4). The van der Waals surface area contributed by atoms with E-state index in [2.05, 4.69) is 70.6 Å². The molecule has 0 aliphatic carbocycles. The maximum atomic E-state index is 11.8. The Balaban J connectivity index is 0.000000347. The number of carbonyl (C=O) groups is 2. The van der Waals surface area contributed by atoms with E-state index in [0.29, 0.717) is 31.6 Å². The number of benzene rings is 3. The number of nitrogens with zero attached hydrogens (tertiary/aromatic N) is 2. The molecule has 0 aromatic heterocycles. The van der Waals surface area contributed by atoms with Gasteiger partial charge >= 0.3 is 12.1 Å². The van der Waals surface area contributed by atoms with E-state index >= 15 is 0 Å². The number of aliphatic imine (C=N–C) groups is 2. The van der Waals surface area contributed by atoms with E-state index in [1.807, 2.05) is 0 Å². The molecule has 38 heavy (non-hydrogen) atoms. The molecule has 3 rings (SSSR count). The topological polar surface area (TPSA) is 143 Å². The molecule has 198 valence electrons. The van der Waals surface area contributed by atoms with Crippen LogP contribution in [0.15, 0.2) is 101 Å². The van der Waals surface area contributed by atoms with Crippen LogP contribution in [0.4, 0.5) is 4.79 Å². The summed E-state index contributed by atoms with van der Waals surface area (Å²) in [5, 5.41) is 13.9. The largest absolute Gasteiger partial charge is 0.503 e. The molecule has 0 radical (unpaired) electrons. The summed E-state index contributed by atoms with van der Waals surface area (Å²) < 4.78 is 5.11. The van der Waals surface area contributed by atoms with Gasteiger partial charge in [0.05, 0.1) is 6.54 Å². The van der Waals surface area contributed by atoms with Crippen LogP contribution in [0.2, 0.25) is 0 Å². The predicted octanol–water partition coefficient (Wildman–Crippen LogP) is 5.50. The predicted molar refractivity (Wildman–Crippen MR) is 142 cm³/mol. The van der Waals surface area contributed by atoms with Gasteiger partial charge in [0.1, 0.15) is 5.75 Å². The average Bonchev–Trinajstić information content (AvgIpc) is 2.93. The van der Waals surface area contributed by atoms with Crippen LogP contribution < -0.4 is 4.74 Å². The zero-order valence-corrected chi connectivity index (χ0v) is 20.8. The molecule has 3 aromatic carbocycles. The Bertz CT molecular complexity index is 1120. The molecule has 0 bridgehead atoms. The van der Waals surface area contributed by atoms with Crippen molar-refractivity contribution >= 4 is 24.3 Å². The molecule has 0 heterocycles. The van der Waals surface area contributed by atoms with E-state index in [1.54, 1.807) is 30.3 Å². The van der Waals surface area contributed by atoms with Gasteiger partial charge in [-0.05, 0) is 55.4 Å². The quantitative estimate of drug-likeness (QED) is 0.112. The van der Waals surface area contributed by atoms with Gasteiger partial charge in [-0.15, -0.1) is 0 Å². The minimum atomic E-state index is -1.83. The second-order valence-electron chi connectivity index (χ2n) is 7.69. The van der Waals surface area contributed by atoms with Crippen molar-refractivity contribution < 1.29 is 34.1 Å². The third-order valence-electron chi connectivity index (χ3n) is 4.89. The van der Waals surface area contributed by atoms with Crippen molar-refractivity contribution in [1.82, 2.24) is 0 Å². The summed E-state index contributed by atoms with van der Waals surface area (Å²) in [6, 6.07) is 28.9. The third-order valence-corrected chi connectivity index (χ3v) is 4.89. The smallest absolute Gasteiger partial charge is 0.450 e. The van der Waals surface area contributed by atoms with Crippen LogP contribution in [0.1, 0.15) is 30.4 Å². The molecule has 1 unspecified atom stereocenters. The number of carboxylic acid groups (broad SMARTS) is 2. The third kappa shape index (κ3) is 15.9. The number of ether oxygens (including phenoxy) is 1. The minimum Gasteiger partial charge on any atom is -0.450 e. The van der Waals surface area contributed by atoms with Crippen LogP contribution >= 0.6 is 0 Å². The Morgan fingerprint density at radius 2 is 1.21 bits per heavy atom. The molecule has 0 amide bonds. The highest BCUT2D eigenvalue weighted by atomic mass is 16.6. The van der Waals surface area contributed by atoms with Crippen LogP contribution in [-0.2, 0) is 27.2 Å². The van der Waals surface area contributed by atoms with Crippen LogP contribution in [0.25, 0.3) is 0 Å². The number of carbonyl (C=O) groups excluding carboxylic acids is 3. The molecular formula is C29H30N2O7. The van der Waals surface area contributed by atoms with Crippen molar-refractivity contribution in [1.29, 1.82) is 0 Å². The van der Waals surface area contributed by atoms with Crippen molar-refractivity contribution in [3.63, 3.8) is 0 Å². The summed E-state index contributed by atoms with van der Waals surface area (Å²) in [4.78, 5) is 47.5. The van der Waals surface area contributed by atoms with Crippen LogP contribution in [0.3, 0.4) is 0 Å². The SMILES string of the molecule is O=C(O)O.O=C=NCCCCC(N=C=O)C(=O)Oc1ccccc1.c1ccc(CCc2ccccc2)cc1. The maximum Gasteiger partial charge on any atom is 0.503 e. The van der Waals surface area contributed by atoms with Crippen molar-refractivity contribution in [2.75, 3.05) is 6.54 Å². The fourth-order valence-corrected chi connectivity index (χ4v) is 3.12. The Hall–Kier alpha value is -4.84. The highest BCUT2D eigenvalue weighted by Crippen LogP contribution is 2.13. The van der Waals surface area contributed by atoms with Crippen molar-refractivity contribution in [3.05, 3.63) is 102 Å². The normalized spacial score (nSPS) is 10.0. The lowest BCUT2D eigenvalue weighted by Gasteiger charge is -2.09. The molecule has 1 atom stereocenters. The fraction of sp³-hybridized carbons (Fsp3) is 0.241. The first-order chi connectivity index (χ1) is 18.5. The number of aryl methyl sites for hydroxylation is 2. The number of hydrogen-bond acceptors (Lipinski definition) is 7. The Morgan fingerprint density at radius 3 is 1.66 bits per heavy atom. The highest BCUT2D eigenvalue weighted by Gasteiger charge is 2.19. The fourth-order valence-electron chi connectivity index (χ4n) is 3.12. The van der Waals surface area contributed by atoms with Gasteiger partial charge < -0.3 is 14.9 Å². The molecule has 0 aliphatic rings. The number of rotatable bonds is 11. The lowest BCUT2D eigenvalue weighted by Crippen LogP contribution is -2.24. The van der Waals surface area contributed by atoms with Crippen molar-refractivity contribution in [3.8, 4) is 5.75 Å². The average molecular weight is 519 g/mol. The second kappa shape index (κ2) is 20.4. The van der Waals surface area contributed by atoms with Gasteiger partial charge in [-0.25, -0.2) is 24.2 Å². The van der Waals surface area contributed by atoms with Crippen molar-refractivity contribution in [2.24, 2.45) is 9.98 Å². The first kappa shape index (κ1) is 31.2. The molecule has 0 fully saturated rings. The summed E-state index contributed by atoms with van der Waals surface area (Å²) in [5.74, 6) is -0.201. The van der Waals surface area contributed by atoms with E-state index in [9.17, 15) is 14.4 Å². The van der Waals surface area contributed by atoms with E-state index in [1.165, 1.54) is 23.3 Å². The molecule has 9 heteroatoms. The van der Waals surface area contributed by atoms with Crippen LogP contribution in [-0.4, -0.2) is 47.1 Å². The van der Waals surface area contributed by atoms with E-state index in [-0.39, 0.29) is 0 Å². The minimum absolute atomic E-state index is 0.342. The first-order valence-electron chi connectivity index (χ1n) is 11.8. The summed E-state index contributed by atoms with van der Waals surface area (Å²) in [7, 11) is 0. The lowest BCUT2D eigenvalue weighted by molar-refractivity contribution is -0.135. The highest BCUT2D eigenvalue weighted by molar-refractivity contribution is 5.79. The van der Waals surface area contributed by atoms with Gasteiger partial charge in [0.15, 0.2) is 6.04 Å². The molecule has 0 saturated heterocycles. The molecule has 0 spiro atoms. The van der Waals surface area contributed by atoms with Gasteiger partial charge in [0, 0.05) is 0 Å². The second-order valence-corrected chi connectivity index (χ2v) is 7.69. The van der Waals surface area contributed by atoms with Crippen molar-refractivity contribution in [2.45, 2.75) is 38.1 Å². The Kier molecular flexibility index (Phi) is 16.7. The monoisotopic (exact) mass is 518 g/mol. The van der Waals surface area contributed by atoms with Crippen LogP contribution in [0, 0.1) is 0 Å². The molecule has 3 aromatic rings. The first-order valence-corrected chi connectivity index (χ1v) is 11.8.